The van der Waals surface area contributed by atoms with Crippen LogP contribution in [0.2, 0.25) is 0 Å². The highest BCUT2D eigenvalue weighted by atomic mass is 32.1. The number of carbonyl (C=O) groups is 1. The molecule has 128 valence electrons. The number of ether oxygens (including phenoxy) is 1. The van der Waals surface area contributed by atoms with Crippen molar-refractivity contribution in [2.75, 3.05) is 38.2 Å². The summed E-state index contributed by atoms with van der Waals surface area (Å²) in [5, 5.41) is 3.02. The van der Waals surface area contributed by atoms with E-state index in [4.69, 9.17) is 4.74 Å². The molecule has 0 bridgehead atoms. The molecule has 1 saturated heterocycles. The Morgan fingerprint density at radius 3 is 2.54 bits per heavy atom. The molecule has 0 spiro atoms. The fraction of sp³-hybridized carbons (Fsp3) is 0.444. The van der Waals surface area contributed by atoms with E-state index >= 15 is 0 Å². The van der Waals surface area contributed by atoms with Crippen LogP contribution in [0.15, 0.2) is 35.8 Å². The van der Waals surface area contributed by atoms with E-state index in [1.54, 1.807) is 18.4 Å². The number of anilines is 1. The van der Waals surface area contributed by atoms with E-state index in [0.717, 1.165) is 42.6 Å². The van der Waals surface area contributed by atoms with Gasteiger partial charge in [-0.1, -0.05) is 18.2 Å². The number of aromatic nitrogens is 1. The Morgan fingerprint density at radius 2 is 1.92 bits per heavy atom. The molecule has 24 heavy (non-hydrogen) atoms. The van der Waals surface area contributed by atoms with Crippen molar-refractivity contribution in [2.24, 2.45) is 0 Å². The number of benzene rings is 1. The molecule has 1 amide bonds. The van der Waals surface area contributed by atoms with E-state index < -0.39 is 5.41 Å². The van der Waals surface area contributed by atoms with Crippen molar-refractivity contribution < 1.29 is 9.53 Å². The van der Waals surface area contributed by atoms with Gasteiger partial charge in [0.25, 0.3) is 0 Å². The number of piperazine rings is 1. The maximum Gasteiger partial charge on any atom is 0.232 e. The average Bonchev–Trinajstić information content (AvgIpc) is 3.15. The molecule has 1 aromatic carbocycles. The van der Waals surface area contributed by atoms with Crippen molar-refractivity contribution in [3.05, 3.63) is 41.4 Å². The van der Waals surface area contributed by atoms with E-state index in [0.29, 0.717) is 0 Å². The highest BCUT2D eigenvalue weighted by Gasteiger charge is 2.37. The van der Waals surface area contributed by atoms with Crippen LogP contribution in [0.4, 0.5) is 5.13 Å². The maximum absolute atomic E-state index is 13.1. The van der Waals surface area contributed by atoms with E-state index in [1.807, 2.05) is 54.6 Å². The Morgan fingerprint density at radius 1 is 1.21 bits per heavy atom. The molecule has 3 rings (SSSR count). The van der Waals surface area contributed by atoms with E-state index in [2.05, 4.69) is 9.88 Å². The largest absolute Gasteiger partial charge is 0.496 e. The van der Waals surface area contributed by atoms with Crippen LogP contribution in [0.25, 0.3) is 0 Å². The molecule has 1 aliphatic heterocycles. The third kappa shape index (κ3) is 3.11. The molecule has 0 unspecified atom stereocenters. The summed E-state index contributed by atoms with van der Waals surface area (Å²) in [7, 11) is 1.65. The van der Waals surface area contributed by atoms with Gasteiger partial charge in [0, 0.05) is 43.3 Å². The predicted octanol–water partition coefficient (Wildman–Crippen LogP) is 2.78. The lowest BCUT2D eigenvalue weighted by Gasteiger charge is -2.39. The minimum Gasteiger partial charge on any atom is -0.496 e. The summed E-state index contributed by atoms with van der Waals surface area (Å²) in [4.78, 5) is 21.7. The number of nitrogens with zero attached hydrogens (tertiary/aromatic N) is 3. The first-order chi connectivity index (χ1) is 11.5. The lowest BCUT2D eigenvalue weighted by molar-refractivity contribution is -0.136. The van der Waals surface area contributed by atoms with Crippen LogP contribution in [0, 0.1) is 0 Å². The second-order valence-corrected chi connectivity index (χ2v) is 7.29. The van der Waals surface area contributed by atoms with E-state index in [9.17, 15) is 4.79 Å². The zero-order valence-electron chi connectivity index (χ0n) is 14.4. The van der Waals surface area contributed by atoms with Crippen LogP contribution in [0.3, 0.4) is 0 Å². The summed E-state index contributed by atoms with van der Waals surface area (Å²) in [6, 6.07) is 7.76. The van der Waals surface area contributed by atoms with Gasteiger partial charge in [-0.25, -0.2) is 4.98 Å². The Hall–Kier alpha value is -2.08. The Balaban J connectivity index is 1.72. The number of thiazole rings is 1. The van der Waals surface area contributed by atoms with Crippen LogP contribution >= 0.6 is 11.3 Å². The molecule has 2 heterocycles. The standard InChI is InChI=1S/C18H23N3O2S/c1-18(2,14-6-4-5-7-15(14)23-3)16(22)20-9-11-21(12-10-20)17-19-8-13-24-17/h4-8,13H,9-12H2,1-3H3. The van der Waals surface area contributed by atoms with Gasteiger partial charge >= 0.3 is 0 Å². The number of carbonyl (C=O) groups excluding carboxylic acids is 1. The number of para-hydroxylation sites is 1. The quantitative estimate of drug-likeness (QED) is 0.855. The van der Waals surface area contributed by atoms with Gasteiger partial charge in [0.15, 0.2) is 5.13 Å². The summed E-state index contributed by atoms with van der Waals surface area (Å²) < 4.78 is 5.45. The molecular formula is C18H23N3O2S. The van der Waals surface area contributed by atoms with Crippen molar-refractivity contribution in [3.63, 3.8) is 0 Å². The van der Waals surface area contributed by atoms with E-state index in [1.165, 1.54) is 0 Å². The van der Waals surface area contributed by atoms with Gasteiger partial charge in [0.05, 0.1) is 12.5 Å². The van der Waals surface area contributed by atoms with Crippen LogP contribution in [0.1, 0.15) is 19.4 Å². The Bertz CT molecular complexity index is 692. The minimum atomic E-state index is -0.615. The zero-order chi connectivity index (χ0) is 17.2. The number of amides is 1. The topological polar surface area (TPSA) is 45.7 Å². The summed E-state index contributed by atoms with van der Waals surface area (Å²) >= 11 is 1.64. The molecule has 2 aromatic rings. The van der Waals surface area contributed by atoms with Crippen molar-refractivity contribution >= 4 is 22.4 Å². The van der Waals surface area contributed by atoms with Gasteiger partial charge in [-0.2, -0.15) is 0 Å². The molecule has 0 radical (unpaired) electrons. The zero-order valence-corrected chi connectivity index (χ0v) is 15.2. The number of hydrogen-bond donors (Lipinski definition) is 0. The van der Waals surface area contributed by atoms with Gasteiger partial charge in [0.2, 0.25) is 5.91 Å². The van der Waals surface area contributed by atoms with Crippen LogP contribution < -0.4 is 9.64 Å². The third-order valence-electron chi connectivity index (χ3n) is 4.57. The smallest absolute Gasteiger partial charge is 0.232 e. The molecule has 0 aliphatic carbocycles. The van der Waals surface area contributed by atoms with E-state index in [-0.39, 0.29) is 5.91 Å². The van der Waals surface area contributed by atoms with Gasteiger partial charge in [-0.15, -0.1) is 11.3 Å². The molecule has 0 atom stereocenters. The van der Waals surface area contributed by atoms with Crippen LogP contribution in [-0.4, -0.2) is 49.1 Å². The fourth-order valence-corrected chi connectivity index (χ4v) is 3.84. The molecule has 1 fully saturated rings. The summed E-state index contributed by atoms with van der Waals surface area (Å²) in [5.41, 5.74) is 0.315. The minimum absolute atomic E-state index is 0.144. The highest BCUT2D eigenvalue weighted by molar-refractivity contribution is 7.13. The van der Waals surface area contributed by atoms with Gasteiger partial charge in [0.1, 0.15) is 5.75 Å². The monoisotopic (exact) mass is 345 g/mol. The summed E-state index contributed by atoms with van der Waals surface area (Å²) in [5.74, 6) is 0.906. The lowest BCUT2D eigenvalue weighted by atomic mass is 9.82. The third-order valence-corrected chi connectivity index (χ3v) is 5.40. The molecular weight excluding hydrogens is 322 g/mol. The van der Waals surface area contributed by atoms with Gasteiger partial charge in [-0.3, -0.25) is 4.79 Å². The first-order valence-electron chi connectivity index (χ1n) is 8.11. The Kier molecular flexibility index (Phi) is 4.76. The highest BCUT2D eigenvalue weighted by Crippen LogP contribution is 2.33. The Labute approximate surface area is 146 Å². The second kappa shape index (κ2) is 6.81. The molecule has 1 aliphatic rings. The van der Waals surface area contributed by atoms with Crippen molar-refractivity contribution in [3.8, 4) is 5.75 Å². The molecule has 0 saturated carbocycles. The molecule has 6 heteroatoms. The summed E-state index contributed by atoms with van der Waals surface area (Å²) in [6.07, 6.45) is 1.82. The van der Waals surface area contributed by atoms with Crippen molar-refractivity contribution in [2.45, 2.75) is 19.3 Å². The van der Waals surface area contributed by atoms with Gasteiger partial charge in [-0.05, 0) is 19.9 Å². The first-order valence-corrected chi connectivity index (χ1v) is 8.99. The molecule has 0 N–H and O–H groups in total. The summed E-state index contributed by atoms with van der Waals surface area (Å²) in [6.45, 7) is 7.03. The van der Waals surface area contributed by atoms with Crippen LogP contribution in [0.5, 0.6) is 5.75 Å². The SMILES string of the molecule is COc1ccccc1C(C)(C)C(=O)N1CCN(c2nccs2)CC1. The number of hydrogen-bond acceptors (Lipinski definition) is 5. The average molecular weight is 345 g/mol. The predicted molar refractivity (Wildman–Crippen MR) is 96.9 cm³/mol. The number of rotatable bonds is 4. The second-order valence-electron chi connectivity index (χ2n) is 6.42. The van der Waals surface area contributed by atoms with Crippen molar-refractivity contribution in [1.82, 2.24) is 9.88 Å². The van der Waals surface area contributed by atoms with Crippen molar-refractivity contribution in [1.29, 1.82) is 0 Å². The lowest BCUT2D eigenvalue weighted by Crippen LogP contribution is -2.53. The number of methoxy groups -OCH3 is 1. The van der Waals surface area contributed by atoms with Crippen LogP contribution in [-0.2, 0) is 10.2 Å². The van der Waals surface area contributed by atoms with Gasteiger partial charge < -0.3 is 14.5 Å². The normalized spacial score (nSPS) is 15.5. The first kappa shape index (κ1) is 16.8. The fourth-order valence-electron chi connectivity index (χ4n) is 3.14. The maximum atomic E-state index is 13.1. The molecule has 5 nitrogen and oxygen atoms in total. The molecule has 1 aromatic heterocycles.